The highest BCUT2D eigenvalue weighted by molar-refractivity contribution is 5.24. The van der Waals surface area contributed by atoms with Gasteiger partial charge in [-0.3, -0.25) is 0 Å². The smallest absolute Gasteiger partial charge is 0.112 e. The lowest BCUT2D eigenvalue weighted by Crippen LogP contribution is -2.14. The molecule has 3 nitrogen and oxygen atoms in total. The van der Waals surface area contributed by atoms with Crippen LogP contribution in [0.4, 0.5) is 0 Å². The average molecular weight is 234 g/mol. The molecule has 4 atom stereocenters. The normalized spacial score (nSPS) is 37.1. The van der Waals surface area contributed by atoms with E-state index in [1.165, 1.54) is 23.6 Å². The van der Waals surface area contributed by atoms with Crippen LogP contribution in [0.15, 0.2) is 0 Å². The third-order valence-corrected chi connectivity index (χ3v) is 4.19. The Morgan fingerprint density at radius 2 is 2.06 bits per heavy atom. The van der Waals surface area contributed by atoms with Gasteiger partial charge in [0.2, 0.25) is 0 Å². The van der Waals surface area contributed by atoms with Crippen LogP contribution < -0.4 is 0 Å². The number of H-pyrrole nitrogens is 1. The van der Waals surface area contributed by atoms with E-state index in [2.05, 4.69) is 25.8 Å². The average Bonchev–Trinajstić information content (AvgIpc) is 2.83. The van der Waals surface area contributed by atoms with Crippen LogP contribution in [0.2, 0.25) is 0 Å². The van der Waals surface area contributed by atoms with E-state index in [4.69, 9.17) is 9.72 Å². The Bertz CT molecular complexity index is 412. The van der Waals surface area contributed by atoms with Crippen molar-refractivity contribution in [3.8, 4) is 0 Å². The molecule has 2 aliphatic rings. The van der Waals surface area contributed by atoms with Gasteiger partial charge in [-0.2, -0.15) is 0 Å². The first-order chi connectivity index (χ1) is 8.13. The molecule has 0 spiro atoms. The molecule has 1 aromatic rings. The van der Waals surface area contributed by atoms with Gasteiger partial charge in [-0.05, 0) is 32.1 Å². The van der Waals surface area contributed by atoms with Gasteiger partial charge in [-0.25, -0.2) is 4.98 Å². The van der Waals surface area contributed by atoms with Gasteiger partial charge in [0.1, 0.15) is 5.82 Å². The second-order valence-electron chi connectivity index (χ2n) is 6.01. The van der Waals surface area contributed by atoms with Gasteiger partial charge in [0, 0.05) is 17.5 Å². The summed E-state index contributed by atoms with van der Waals surface area (Å²) in [5.41, 5.74) is 2.70. The van der Waals surface area contributed by atoms with E-state index >= 15 is 0 Å². The molecule has 0 bridgehead atoms. The van der Waals surface area contributed by atoms with Crippen LogP contribution in [0, 0.1) is 5.92 Å². The zero-order chi connectivity index (χ0) is 12.0. The van der Waals surface area contributed by atoms with Gasteiger partial charge in [0.25, 0.3) is 0 Å². The van der Waals surface area contributed by atoms with Crippen molar-refractivity contribution >= 4 is 0 Å². The summed E-state index contributed by atoms with van der Waals surface area (Å²) in [6.07, 6.45) is 3.93. The first-order valence-electron chi connectivity index (χ1n) is 6.83. The molecule has 1 aromatic heterocycles. The molecule has 1 aliphatic heterocycles. The van der Waals surface area contributed by atoms with Gasteiger partial charge in [0.05, 0.1) is 18.4 Å². The number of nitrogens with one attached hydrogen (secondary N) is 1. The third-order valence-electron chi connectivity index (χ3n) is 4.19. The standard InChI is InChI=1S/C14H22N2O/c1-8-4-9(2)13-12(5-8)15-14(16-13)11-6-10(3)17-7-11/h8-11H,4-7H2,1-3H3,(H,15,16). The predicted molar refractivity (Wildman–Crippen MR) is 67.3 cm³/mol. The van der Waals surface area contributed by atoms with Crippen LogP contribution >= 0.6 is 0 Å². The van der Waals surface area contributed by atoms with E-state index in [1.54, 1.807) is 0 Å². The molecule has 0 radical (unpaired) electrons. The zero-order valence-electron chi connectivity index (χ0n) is 11.0. The molecule has 17 heavy (non-hydrogen) atoms. The number of aromatic amines is 1. The second-order valence-corrected chi connectivity index (χ2v) is 6.01. The SMILES string of the molecule is CC1Cc2[nH]c(C3COC(C)C3)nc2C(C)C1. The summed E-state index contributed by atoms with van der Waals surface area (Å²) in [4.78, 5) is 8.41. The van der Waals surface area contributed by atoms with Crippen LogP contribution in [0.5, 0.6) is 0 Å². The van der Waals surface area contributed by atoms with Crippen LogP contribution in [-0.2, 0) is 11.2 Å². The van der Waals surface area contributed by atoms with Crippen molar-refractivity contribution in [2.75, 3.05) is 6.61 Å². The molecule has 94 valence electrons. The first kappa shape index (κ1) is 11.3. The van der Waals surface area contributed by atoms with Crippen LogP contribution in [-0.4, -0.2) is 22.7 Å². The molecule has 1 N–H and O–H groups in total. The van der Waals surface area contributed by atoms with Gasteiger partial charge in [-0.15, -0.1) is 0 Å². The summed E-state index contributed by atoms with van der Waals surface area (Å²) in [7, 11) is 0. The topological polar surface area (TPSA) is 37.9 Å². The lowest BCUT2D eigenvalue weighted by atomic mass is 9.84. The number of ether oxygens (including phenoxy) is 1. The number of fused-ring (bicyclic) bond motifs is 1. The van der Waals surface area contributed by atoms with E-state index < -0.39 is 0 Å². The molecule has 2 heterocycles. The first-order valence-corrected chi connectivity index (χ1v) is 6.83. The summed E-state index contributed by atoms with van der Waals surface area (Å²) in [5, 5.41) is 0. The molecule has 0 amide bonds. The third kappa shape index (κ3) is 2.01. The molecule has 3 heteroatoms. The van der Waals surface area contributed by atoms with E-state index in [1.807, 2.05) is 0 Å². The van der Waals surface area contributed by atoms with Crippen LogP contribution in [0.3, 0.4) is 0 Å². The Balaban J connectivity index is 1.86. The number of aromatic nitrogens is 2. The fourth-order valence-electron chi connectivity index (χ4n) is 3.36. The van der Waals surface area contributed by atoms with E-state index in [0.29, 0.717) is 17.9 Å². The number of hydrogen-bond donors (Lipinski definition) is 1. The maximum absolute atomic E-state index is 5.64. The fraction of sp³-hybridized carbons (Fsp3) is 0.786. The van der Waals surface area contributed by atoms with Gasteiger partial charge < -0.3 is 9.72 Å². The highest BCUT2D eigenvalue weighted by atomic mass is 16.5. The molecule has 1 fully saturated rings. The largest absolute Gasteiger partial charge is 0.378 e. The lowest BCUT2D eigenvalue weighted by Gasteiger charge is -2.22. The zero-order valence-corrected chi connectivity index (χ0v) is 11.0. The molecular formula is C14H22N2O. The molecule has 0 aromatic carbocycles. The predicted octanol–water partition coefficient (Wildman–Crippen LogP) is 2.99. The van der Waals surface area contributed by atoms with Gasteiger partial charge in [0.15, 0.2) is 0 Å². The number of rotatable bonds is 1. The van der Waals surface area contributed by atoms with Crippen molar-refractivity contribution < 1.29 is 4.74 Å². The summed E-state index contributed by atoms with van der Waals surface area (Å²) in [5.74, 6) is 3.04. The quantitative estimate of drug-likeness (QED) is 0.811. The van der Waals surface area contributed by atoms with Crippen LogP contribution in [0.1, 0.15) is 62.7 Å². The highest BCUT2D eigenvalue weighted by Crippen LogP contribution is 2.35. The highest BCUT2D eigenvalue weighted by Gasteiger charge is 2.30. The summed E-state index contributed by atoms with van der Waals surface area (Å²) in [6.45, 7) is 7.61. The maximum Gasteiger partial charge on any atom is 0.112 e. The van der Waals surface area contributed by atoms with Crippen molar-refractivity contribution in [1.29, 1.82) is 0 Å². The minimum atomic E-state index is 0.387. The molecule has 1 aliphatic carbocycles. The Kier molecular flexibility index (Phi) is 2.74. The van der Waals surface area contributed by atoms with Crippen molar-refractivity contribution in [1.82, 2.24) is 9.97 Å². The van der Waals surface area contributed by atoms with Gasteiger partial charge >= 0.3 is 0 Å². The van der Waals surface area contributed by atoms with Crippen molar-refractivity contribution in [2.24, 2.45) is 5.92 Å². The monoisotopic (exact) mass is 234 g/mol. The maximum atomic E-state index is 5.64. The second kappa shape index (κ2) is 4.13. The Labute approximate surface area is 103 Å². The minimum Gasteiger partial charge on any atom is -0.378 e. The van der Waals surface area contributed by atoms with Crippen molar-refractivity contribution in [3.63, 3.8) is 0 Å². The Morgan fingerprint density at radius 1 is 1.24 bits per heavy atom. The molecule has 1 saturated heterocycles. The molecule has 3 rings (SSSR count). The summed E-state index contributed by atoms with van der Waals surface area (Å²) < 4.78 is 5.64. The van der Waals surface area contributed by atoms with Crippen molar-refractivity contribution in [2.45, 2.75) is 58.0 Å². The molecule has 0 saturated carbocycles. The summed E-state index contributed by atoms with van der Waals surface area (Å²) in [6, 6.07) is 0. The van der Waals surface area contributed by atoms with Crippen molar-refractivity contribution in [3.05, 3.63) is 17.2 Å². The molecular weight excluding hydrogens is 212 g/mol. The van der Waals surface area contributed by atoms with Crippen LogP contribution in [0.25, 0.3) is 0 Å². The fourth-order valence-corrected chi connectivity index (χ4v) is 3.36. The Morgan fingerprint density at radius 3 is 2.76 bits per heavy atom. The molecule has 4 unspecified atom stereocenters. The van der Waals surface area contributed by atoms with E-state index in [0.717, 1.165) is 25.4 Å². The number of imidazole rings is 1. The van der Waals surface area contributed by atoms with E-state index in [-0.39, 0.29) is 0 Å². The minimum absolute atomic E-state index is 0.387. The summed E-state index contributed by atoms with van der Waals surface area (Å²) >= 11 is 0. The number of hydrogen-bond acceptors (Lipinski definition) is 2. The van der Waals surface area contributed by atoms with E-state index in [9.17, 15) is 0 Å². The lowest BCUT2D eigenvalue weighted by molar-refractivity contribution is 0.123. The Hall–Kier alpha value is -0.830. The van der Waals surface area contributed by atoms with Gasteiger partial charge in [-0.1, -0.05) is 13.8 Å². The number of nitrogens with zero attached hydrogens (tertiary/aromatic N) is 1.